The number of hydrogen-bond donors (Lipinski definition) is 0. The van der Waals surface area contributed by atoms with Gasteiger partial charge in [0.25, 0.3) is 0 Å². The molecule has 0 aliphatic heterocycles. The number of rotatable bonds is 1. The normalized spacial score (nSPS) is 3.62. The summed E-state index contributed by atoms with van der Waals surface area (Å²) >= 11 is 0. The molecule has 0 aromatic carbocycles. The van der Waals surface area contributed by atoms with Crippen molar-refractivity contribution in [3.05, 3.63) is 6.42 Å². The molecule has 0 aromatic heterocycles. The van der Waals surface area contributed by atoms with Gasteiger partial charge in [0.2, 0.25) is 0 Å². The zero-order valence-electron chi connectivity index (χ0n) is 4.89. The molecular weight excluding hydrogens is 181 g/mol. The summed E-state index contributed by atoms with van der Waals surface area (Å²) in [4.78, 5) is 8.83. The van der Waals surface area contributed by atoms with Crippen LogP contribution in [0.1, 0.15) is 6.92 Å². The van der Waals surface area contributed by atoms with E-state index in [1.165, 1.54) is 13.6 Å². The van der Waals surface area contributed by atoms with Crippen molar-refractivity contribution in [3.63, 3.8) is 0 Å². The molecule has 2 nitrogen and oxygen atoms in total. The molecule has 0 atom stereocenters. The average Bonchev–Trinajstić information content (AvgIpc) is 1.69. The van der Waals surface area contributed by atoms with Crippen molar-refractivity contribution in [2.45, 2.75) is 6.92 Å². The van der Waals surface area contributed by atoms with Gasteiger partial charge >= 0.3 is 0 Å². The molecule has 0 aromatic rings. The van der Waals surface area contributed by atoms with Crippen LogP contribution in [0.5, 0.6) is 0 Å². The standard InChI is InChI=1S/C3H3.C2H3O2.Y/c1-3-2;1-4-2-3;/h1H3;1H3;/q2*-1;. The summed E-state index contributed by atoms with van der Waals surface area (Å²) < 4.78 is 3.74. The first-order valence-corrected chi connectivity index (χ1v) is 1.57. The first-order valence-electron chi connectivity index (χ1n) is 1.57. The first-order chi connectivity index (χ1) is 3.33. The minimum absolute atomic E-state index is 0. The van der Waals surface area contributed by atoms with Crippen molar-refractivity contribution in [2.24, 2.45) is 0 Å². The molecule has 0 bridgehead atoms. The topological polar surface area (TPSA) is 26.3 Å². The van der Waals surface area contributed by atoms with Gasteiger partial charge in [0.15, 0.2) is 0 Å². The maximum Gasteiger partial charge on any atom is 0.0362 e. The Balaban J connectivity index is -0.0000000575. The van der Waals surface area contributed by atoms with Gasteiger partial charge in [-0.2, -0.15) is 0 Å². The maximum absolute atomic E-state index is 8.83. The van der Waals surface area contributed by atoms with E-state index in [0.29, 0.717) is 0 Å². The molecule has 0 saturated heterocycles. The molecule has 3 heteroatoms. The predicted molar refractivity (Wildman–Crippen MR) is 25.5 cm³/mol. The molecule has 0 N–H and O–H groups in total. The molecule has 0 aliphatic carbocycles. The third-order valence-electron chi connectivity index (χ3n) is 0.0833. The van der Waals surface area contributed by atoms with Crippen LogP contribution in [0.2, 0.25) is 0 Å². The zero-order valence-corrected chi connectivity index (χ0v) is 7.73. The van der Waals surface area contributed by atoms with E-state index in [9.17, 15) is 0 Å². The largest absolute Gasteiger partial charge is 0.694 e. The van der Waals surface area contributed by atoms with E-state index in [4.69, 9.17) is 11.2 Å². The van der Waals surface area contributed by atoms with E-state index >= 15 is 0 Å². The van der Waals surface area contributed by atoms with E-state index in [0.717, 1.165) is 0 Å². The Morgan fingerprint density at radius 3 is 1.88 bits per heavy atom. The second kappa shape index (κ2) is 27.3. The van der Waals surface area contributed by atoms with Crippen LogP contribution in [0, 0.1) is 12.3 Å². The van der Waals surface area contributed by atoms with Crippen molar-refractivity contribution in [3.8, 4) is 5.92 Å². The predicted octanol–water partition coefficient (Wildman–Crippen LogP) is 0.294. The fraction of sp³-hybridized carbons (Fsp3) is 0.400. The Morgan fingerprint density at radius 1 is 1.75 bits per heavy atom. The molecule has 8 heavy (non-hydrogen) atoms. The fourth-order valence-corrected chi connectivity index (χ4v) is 0. The van der Waals surface area contributed by atoms with E-state index in [-0.39, 0.29) is 32.7 Å². The van der Waals surface area contributed by atoms with Gasteiger partial charge < -0.3 is 21.9 Å². The Hall–Kier alpha value is 0.134. The van der Waals surface area contributed by atoms with Gasteiger partial charge in [-0.3, -0.25) is 0 Å². The number of methoxy groups -OCH3 is 1. The van der Waals surface area contributed by atoms with Gasteiger partial charge in [0.1, 0.15) is 0 Å². The molecule has 0 spiro atoms. The van der Waals surface area contributed by atoms with Crippen LogP contribution in [0.3, 0.4) is 0 Å². The van der Waals surface area contributed by atoms with Crippen LogP contribution in [0.4, 0.5) is 0 Å². The summed E-state index contributed by atoms with van der Waals surface area (Å²) in [5.41, 5.74) is 0. The van der Waals surface area contributed by atoms with Crippen molar-refractivity contribution >= 4 is 6.47 Å². The van der Waals surface area contributed by atoms with Crippen molar-refractivity contribution in [1.82, 2.24) is 0 Å². The van der Waals surface area contributed by atoms with Crippen LogP contribution in [-0.2, 0) is 42.2 Å². The molecule has 0 unspecified atom stereocenters. The van der Waals surface area contributed by atoms with Crippen LogP contribution in [0.15, 0.2) is 0 Å². The summed E-state index contributed by atoms with van der Waals surface area (Å²) in [5, 5.41) is 0. The second-order valence-corrected chi connectivity index (χ2v) is 0.537. The molecule has 0 aliphatic rings. The first kappa shape index (κ1) is 15.7. The van der Waals surface area contributed by atoms with Gasteiger partial charge in [0.05, 0.1) is 0 Å². The van der Waals surface area contributed by atoms with Crippen LogP contribution in [-0.4, -0.2) is 13.6 Å². The average molecular weight is 187 g/mol. The summed E-state index contributed by atoms with van der Waals surface area (Å²) in [5.74, 6) is 2.00. The molecule has 0 heterocycles. The monoisotopic (exact) mass is 187 g/mol. The fourth-order valence-electron chi connectivity index (χ4n) is 0. The van der Waals surface area contributed by atoms with Crippen molar-refractivity contribution in [1.29, 1.82) is 0 Å². The van der Waals surface area contributed by atoms with Gasteiger partial charge in [-0.15, -0.1) is 0 Å². The minimum atomic E-state index is 0. The van der Waals surface area contributed by atoms with Gasteiger partial charge in [-0.05, 0) is 6.92 Å². The van der Waals surface area contributed by atoms with Crippen LogP contribution in [0.25, 0.3) is 0 Å². The van der Waals surface area contributed by atoms with Crippen molar-refractivity contribution < 1.29 is 42.2 Å². The summed E-state index contributed by atoms with van der Waals surface area (Å²) in [6.07, 6.45) is 5.96. The molecule has 0 fully saturated rings. The Morgan fingerprint density at radius 2 is 1.88 bits per heavy atom. The molecule has 43 valence electrons. The van der Waals surface area contributed by atoms with Crippen LogP contribution >= 0.6 is 0 Å². The number of ether oxygens (including phenoxy) is 1. The Labute approximate surface area is 74.9 Å². The summed E-state index contributed by atoms with van der Waals surface area (Å²) in [6, 6.07) is 0. The van der Waals surface area contributed by atoms with Gasteiger partial charge in [0, 0.05) is 39.8 Å². The number of hydrogen-bond acceptors (Lipinski definition) is 2. The van der Waals surface area contributed by atoms with E-state index in [1.54, 1.807) is 6.92 Å². The van der Waals surface area contributed by atoms with Crippen LogP contribution < -0.4 is 0 Å². The molecular formula is C5H6O2Y-2. The Bertz CT molecular complexity index is 65.3. The number of carbonyl (C=O) groups excluding carboxylic acids is 1. The maximum atomic E-state index is 8.83. The molecule has 0 saturated carbocycles. The van der Waals surface area contributed by atoms with E-state index < -0.39 is 0 Å². The third-order valence-corrected chi connectivity index (χ3v) is 0.0833. The van der Waals surface area contributed by atoms with E-state index in [2.05, 4.69) is 4.74 Å². The van der Waals surface area contributed by atoms with Crippen molar-refractivity contribution in [2.75, 3.05) is 7.11 Å². The summed E-state index contributed by atoms with van der Waals surface area (Å²) in [7, 11) is 1.26. The quantitative estimate of drug-likeness (QED) is 0.435. The molecule has 1 radical (unpaired) electrons. The minimum Gasteiger partial charge on any atom is -0.694 e. The summed E-state index contributed by atoms with van der Waals surface area (Å²) in [6.45, 7) is 2.72. The smallest absolute Gasteiger partial charge is 0.0362 e. The third kappa shape index (κ3) is 126. The van der Waals surface area contributed by atoms with E-state index in [1.807, 2.05) is 5.92 Å². The Kier molecular flexibility index (Phi) is 53.7. The molecule has 0 rings (SSSR count). The van der Waals surface area contributed by atoms with Gasteiger partial charge in [-0.1, -0.05) is 6.47 Å². The second-order valence-electron chi connectivity index (χ2n) is 0.537. The zero-order chi connectivity index (χ0) is 6.12. The van der Waals surface area contributed by atoms with Gasteiger partial charge in [-0.25, -0.2) is 0 Å². The molecule has 0 amide bonds. The SMILES string of the molecule is CO[C-]=O.[C-]#CC.[Y].